The second-order valence-corrected chi connectivity index (χ2v) is 4.14. The Bertz CT molecular complexity index is 112. The number of hydrogen-bond acceptors (Lipinski definition) is 1. The lowest BCUT2D eigenvalue weighted by Gasteiger charge is -2.32. The van der Waals surface area contributed by atoms with Crippen molar-refractivity contribution in [2.45, 2.75) is 52.0 Å². The van der Waals surface area contributed by atoms with Crippen molar-refractivity contribution in [2.24, 2.45) is 5.92 Å². The Morgan fingerprint density at radius 1 is 1.27 bits per heavy atom. The summed E-state index contributed by atoms with van der Waals surface area (Å²) in [5.41, 5.74) is 0.325. The van der Waals surface area contributed by atoms with Gasteiger partial charge in [-0.2, -0.15) is 0 Å². The maximum absolute atomic E-state index is 3.44. The summed E-state index contributed by atoms with van der Waals surface area (Å²) in [4.78, 5) is 0. The third kappa shape index (κ3) is 2.19. The highest BCUT2D eigenvalue weighted by Gasteiger charge is 2.30. The molecule has 0 saturated heterocycles. The van der Waals surface area contributed by atoms with Crippen LogP contribution in [0.1, 0.15) is 46.5 Å². The highest BCUT2D eigenvalue weighted by Crippen LogP contribution is 2.33. The minimum absolute atomic E-state index is 0.325. The lowest BCUT2D eigenvalue weighted by atomic mass is 9.86. The van der Waals surface area contributed by atoms with E-state index in [0.29, 0.717) is 5.54 Å². The molecule has 1 nitrogen and oxygen atoms in total. The largest absolute Gasteiger partial charge is 0.308 e. The van der Waals surface area contributed by atoms with Crippen molar-refractivity contribution in [2.75, 3.05) is 0 Å². The van der Waals surface area contributed by atoms with Gasteiger partial charge in [0.1, 0.15) is 0 Å². The monoisotopic (exact) mass is 154 g/mol. The molecule has 0 spiro atoms. The molecule has 1 aliphatic carbocycles. The SMILES string of the molecule is C[CH]NC(C)(C)C1CCCC1. The molecule has 0 atom stereocenters. The molecular weight excluding hydrogens is 134 g/mol. The molecule has 0 aliphatic heterocycles. The van der Waals surface area contributed by atoms with Crippen LogP contribution in [0.3, 0.4) is 0 Å². The predicted molar refractivity (Wildman–Crippen MR) is 49.1 cm³/mol. The standard InChI is InChI=1S/C10H20N/c1-4-11-10(2,3)9-7-5-6-8-9/h4,9,11H,5-8H2,1-3H3. The minimum atomic E-state index is 0.325. The number of rotatable bonds is 3. The van der Waals surface area contributed by atoms with E-state index in [2.05, 4.69) is 32.6 Å². The molecule has 0 bridgehead atoms. The minimum Gasteiger partial charge on any atom is -0.308 e. The Balaban J connectivity index is 2.41. The Morgan fingerprint density at radius 2 is 1.82 bits per heavy atom. The van der Waals surface area contributed by atoms with E-state index in [0.717, 1.165) is 5.92 Å². The lowest BCUT2D eigenvalue weighted by molar-refractivity contribution is 0.275. The molecule has 0 aromatic carbocycles. The van der Waals surface area contributed by atoms with Gasteiger partial charge in [-0.05, 0) is 39.5 Å². The first kappa shape index (κ1) is 9.05. The summed E-state index contributed by atoms with van der Waals surface area (Å²) in [5.74, 6) is 0.888. The molecule has 1 radical (unpaired) electrons. The van der Waals surface area contributed by atoms with E-state index in [4.69, 9.17) is 0 Å². The quantitative estimate of drug-likeness (QED) is 0.659. The number of hydrogen-bond donors (Lipinski definition) is 1. The molecule has 1 fully saturated rings. The van der Waals surface area contributed by atoms with Gasteiger partial charge >= 0.3 is 0 Å². The van der Waals surface area contributed by atoms with Crippen LogP contribution in [0.2, 0.25) is 0 Å². The van der Waals surface area contributed by atoms with Crippen LogP contribution >= 0.6 is 0 Å². The summed E-state index contributed by atoms with van der Waals surface area (Å²) in [7, 11) is 0. The zero-order valence-electron chi connectivity index (χ0n) is 7.98. The maximum atomic E-state index is 3.44. The Labute approximate surface area is 70.6 Å². The maximum Gasteiger partial charge on any atom is 0.0195 e. The molecule has 0 aromatic rings. The fraction of sp³-hybridized carbons (Fsp3) is 0.900. The average molecular weight is 154 g/mol. The molecule has 1 N–H and O–H groups in total. The van der Waals surface area contributed by atoms with E-state index in [-0.39, 0.29) is 0 Å². The Kier molecular flexibility index (Phi) is 2.94. The number of nitrogens with one attached hydrogen (secondary N) is 1. The van der Waals surface area contributed by atoms with E-state index >= 15 is 0 Å². The van der Waals surface area contributed by atoms with Gasteiger partial charge in [0, 0.05) is 12.1 Å². The van der Waals surface area contributed by atoms with Crippen LogP contribution in [0.5, 0.6) is 0 Å². The van der Waals surface area contributed by atoms with Crippen molar-refractivity contribution < 1.29 is 0 Å². The van der Waals surface area contributed by atoms with Crippen LogP contribution in [0.15, 0.2) is 0 Å². The molecule has 65 valence electrons. The lowest BCUT2D eigenvalue weighted by Crippen LogP contribution is -2.43. The third-order valence-corrected chi connectivity index (χ3v) is 2.89. The summed E-state index contributed by atoms with van der Waals surface area (Å²) in [6, 6.07) is 0. The van der Waals surface area contributed by atoms with Gasteiger partial charge in [0.2, 0.25) is 0 Å². The molecule has 1 aliphatic rings. The van der Waals surface area contributed by atoms with Gasteiger partial charge < -0.3 is 5.32 Å². The molecule has 11 heavy (non-hydrogen) atoms. The molecule has 1 heteroatoms. The fourth-order valence-corrected chi connectivity index (χ4v) is 2.14. The molecule has 0 unspecified atom stereocenters. The van der Waals surface area contributed by atoms with Crippen molar-refractivity contribution in [1.82, 2.24) is 5.32 Å². The summed E-state index contributed by atoms with van der Waals surface area (Å²) >= 11 is 0. The zero-order valence-corrected chi connectivity index (χ0v) is 7.98. The summed E-state index contributed by atoms with van der Waals surface area (Å²) < 4.78 is 0. The van der Waals surface area contributed by atoms with Crippen LogP contribution in [-0.4, -0.2) is 5.54 Å². The molecule has 0 aromatic heterocycles. The summed E-state index contributed by atoms with van der Waals surface area (Å²) in [6.45, 7) is 8.75. The van der Waals surface area contributed by atoms with Crippen LogP contribution < -0.4 is 5.32 Å². The Hall–Kier alpha value is -0.0400. The van der Waals surface area contributed by atoms with Gasteiger partial charge in [-0.25, -0.2) is 0 Å². The van der Waals surface area contributed by atoms with Crippen LogP contribution in [0, 0.1) is 12.5 Å². The predicted octanol–water partition coefficient (Wildman–Crippen LogP) is 2.73. The van der Waals surface area contributed by atoms with Gasteiger partial charge in [0.05, 0.1) is 0 Å². The second kappa shape index (κ2) is 3.57. The molecule has 0 amide bonds. The van der Waals surface area contributed by atoms with E-state index in [1.165, 1.54) is 25.7 Å². The van der Waals surface area contributed by atoms with Crippen molar-refractivity contribution in [3.05, 3.63) is 6.54 Å². The third-order valence-electron chi connectivity index (χ3n) is 2.89. The Morgan fingerprint density at radius 3 is 2.27 bits per heavy atom. The normalized spacial score (nSPS) is 21.0. The van der Waals surface area contributed by atoms with Gasteiger partial charge in [-0.15, -0.1) is 0 Å². The van der Waals surface area contributed by atoms with Crippen molar-refractivity contribution in [3.63, 3.8) is 0 Å². The van der Waals surface area contributed by atoms with Crippen molar-refractivity contribution >= 4 is 0 Å². The first-order chi connectivity index (χ1) is 5.17. The molecule has 0 heterocycles. The molecular formula is C10H20N. The van der Waals surface area contributed by atoms with Gasteiger partial charge in [-0.1, -0.05) is 12.8 Å². The summed E-state index contributed by atoms with van der Waals surface area (Å²) in [6.07, 6.45) is 5.68. The average Bonchev–Trinajstić information content (AvgIpc) is 2.37. The summed E-state index contributed by atoms with van der Waals surface area (Å²) in [5, 5.41) is 3.44. The van der Waals surface area contributed by atoms with Gasteiger partial charge in [0.15, 0.2) is 0 Å². The van der Waals surface area contributed by atoms with Crippen molar-refractivity contribution in [3.8, 4) is 0 Å². The zero-order chi connectivity index (χ0) is 8.32. The van der Waals surface area contributed by atoms with Crippen LogP contribution in [-0.2, 0) is 0 Å². The van der Waals surface area contributed by atoms with E-state index in [9.17, 15) is 0 Å². The van der Waals surface area contributed by atoms with E-state index < -0.39 is 0 Å². The fourth-order valence-electron chi connectivity index (χ4n) is 2.14. The van der Waals surface area contributed by atoms with Gasteiger partial charge in [0.25, 0.3) is 0 Å². The second-order valence-electron chi connectivity index (χ2n) is 4.14. The molecule has 1 rings (SSSR count). The topological polar surface area (TPSA) is 12.0 Å². The van der Waals surface area contributed by atoms with Gasteiger partial charge in [-0.3, -0.25) is 0 Å². The van der Waals surface area contributed by atoms with Crippen LogP contribution in [0.25, 0.3) is 0 Å². The smallest absolute Gasteiger partial charge is 0.0195 e. The first-order valence-corrected chi connectivity index (χ1v) is 4.72. The van der Waals surface area contributed by atoms with Crippen LogP contribution in [0.4, 0.5) is 0 Å². The van der Waals surface area contributed by atoms with Crippen molar-refractivity contribution in [1.29, 1.82) is 0 Å². The van der Waals surface area contributed by atoms with E-state index in [1.807, 2.05) is 0 Å². The highest BCUT2D eigenvalue weighted by atomic mass is 15.0. The van der Waals surface area contributed by atoms with E-state index in [1.54, 1.807) is 0 Å². The highest BCUT2D eigenvalue weighted by molar-refractivity contribution is 4.90. The first-order valence-electron chi connectivity index (χ1n) is 4.72. The molecule has 1 saturated carbocycles.